The van der Waals surface area contributed by atoms with Crippen molar-refractivity contribution >= 4 is 23.3 Å². The van der Waals surface area contributed by atoms with E-state index in [0.29, 0.717) is 30.5 Å². The number of hydrogen-bond donors (Lipinski definition) is 1. The number of rotatable bonds is 8. The molecule has 136 valence electrons. The fourth-order valence-electron chi connectivity index (χ4n) is 2.40. The lowest BCUT2D eigenvalue weighted by atomic mass is 10.1. The number of benzene rings is 2. The zero-order chi connectivity index (χ0) is 19.1. The summed E-state index contributed by atoms with van der Waals surface area (Å²) >= 11 is 1.55. The third-order valence-corrected chi connectivity index (χ3v) is 4.69. The maximum Gasteiger partial charge on any atom is 0.269 e. The standard InChI is InChI=1S/C19H16N4O3S/c20-13-17-19(26-18(22-17)12-14-4-2-1-3-5-14)21-10-11-27-16-8-6-15(7-9-16)23(24)25/h1-9,21H,10-12H2. The molecule has 0 radical (unpaired) electrons. The Morgan fingerprint density at radius 2 is 1.93 bits per heavy atom. The molecule has 1 aromatic heterocycles. The lowest BCUT2D eigenvalue weighted by Crippen LogP contribution is -2.04. The van der Waals surface area contributed by atoms with Crippen molar-refractivity contribution in [1.29, 1.82) is 5.26 Å². The highest BCUT2D eigenvalue weighted by molar-refractivity contribution is 7.99. The van der Waals surface area contributed by atoms with Gasteiger partial charge in [0.25, 0.3) is 5.69 Å². The summed E-state index contributed by atoms with van der Waals surface area (Å²) in [5, 5.41) is 23.0. The summed E-state index contributed by atoms with van der Waals surface area (Å²) in [6.45, 7) is 0.566. The minimum absolute atomic E-state index is 0.0729. The van der Waals surface area contributed by atoms with Crippen LogP contribution in [0.25, 0.3) is 0 Å². The van der Waals surface area contributed by atoms with Crippen LogP contribution in [-0.2, 0) is 6.42 Å². The Labute approximate surface area is 160 Å². The SMILES string of the molecule is N#Cc1nc(Cc2ccccc2)oc1NCCSc1ccc([N+](=O)[O-])cc1. The largest absolute Gasteiger partial charge is 0.423 e. The average Bonchev–Trinajstić information content (AvgIpc) is 3.08. The molecular weight excluding hydrogens is 364 g/mol. The lowest BCUT2D eigenvalue weighted by Gasteiger charge is -2.03. The Kier molecular flexibility index (Phi) is 6.07. The minimum Gasteiger partial charge on any atom is -0.423 e. The molecule has 8 heteroatoms. The van der Waals surface area contributed by atoms with E-state index in [0.717, 1.165) is 10.5 Å². The number of thioether (sulfide) groups is 1. The van der Waals surface area contributed by atoms with Crippen LogP contribution in [0.2, 0.25) is 0 Å². The van der Waals surface area contributed by atoms with Gasteiger partial charge in [0.05, 0.1) is 4.92 Å². The van der Waals surface area contributed by atoms with Crippen LogP contribution in [0, 0.1) is 21.4 Å². The van der Waals surface area contributed by atoms with Gasteiger partial charge in [-0.1, -0.05) is 30.3 Å². The minimum atomic E-state index is -0.420. The first-order chi connectivity index (χ1) is 13.2. The summed E-state index contributed by atoms with van der Waals surface area (Å²) in [6.07, 6.45) is 0.523. The van der Waals surface area contributed by atoms with Crippen molar-refractivity contribution in [3.8, 4) is 6.07 Å². The van der Waals surface area contributed by atoms with E-state index in [1.54, 1.807) is 23.9 Å². The molecule has 0 fully saturated rings. The lowest BCUT2D eigenvalue weighted by molar-refractivity contribution is -0.384. The number of nitriles is 1. The molecule has 1 heterocycles. The van der Waals surface area contributed by atoms with Gasteiger partial charge < -0.3 is 9.73 Å². The first-order valence-corrected chi connectivity index (χ1v) is 9.19. The normalized spacial score (nSPS) is 10.3. The van der Waals surface area contributed by atoms with Gasteiger partial charge in [-0.15, -0.1) is 11.8 Å². The molecule has 0 amide bonds. The van der Waals surface area contributed by atoms with Crippen molar-refractivity contribution in [1.82, 2.24) is 4.98 Å². The third-order valence-electron chi connectivity index (χ3n) is 3.68. The van der Waals surface area contributed by atoms with Crippen molar-refractivity contribution in [2.45, 2.75) is 11.3 Å². The predicted molar refractivity (Wildman–Crippen MR) is 103 cm³/mol. The highest BCUT2D eigenvalue weighted by Gasteiger charge is 2.13. The monoisotopic (exact) mass is 380 g/mol. The summed E-state index contributed by atoms with van der Waals surface area (Å²) in [5.74, 6) is 1.56. The summed E-state index contributed by atoms with van der Waals surface area (Å²) in [7, 11) is 0. The molecule has 7 nitrogen and oxygen atoms in total. The Morgan fingerprint density at radius 1 is 1.19 bits per heavy atom. The number of anilines is 1. The molecule has 27 heavy (non-hydrogen) atoms. The summed E-state index contributed by atoms with van der Waals surface area (Å²) in [6, 6.07) is 18.2. The molecule has 3 aromatic rings. The van der Waals surface area contributed by atoms with Gasteiger partial charge in [-0.05, 0) is 17.7 Å². The second kappa shape index (κ2) is 8.87. The predicted octanol–water partition coefficient (Wildman–Crippen LogP) is 4.25. The molecule has 0 atom stereocenters. The second-order valence-electron chi connectivity index (χ2n) is 5.59. The van der Waals surface area contributed by atoms with E-state index >= 15 is 0 Å². The Balaban J connectivity index is 1.53. The average molecular weight is 380 g/mol. The van der Waals surface area contributed by atoms with Crippen molar-refractivity contribution in [3.63, 3.8) is 0 Å². The Hall–Kier alpha value is -3.31. The van der Waals surface area contributed by atoms with E-state index in [2.05, 4.69) is 10.3 Å². The highest BCUT2D eigenvalue weighted by atomic mass is 32.2. The van der Waals surface area contributed by atoms with Gasteiger partial charge in [-0.25, -0.2) is 4.98 Å². The van der Waals surface area contributed by atoms with Crippen LogP contribution in [0.5, 0.6) is 0 Å². The number of nitro groups is 1. The van der Waals surface area contributed by atoms with Gasteiger partial charge in [0.1, 0.15) is 6.07 Å². The number of aromatic nitrogens is 1. The highest BCUT2D eigenvalue weighted by Crippen LogP contribution is 2.22. The van der Waals surface area contributed by atoms with E-state index in [9.17, 15) is 15.4 Å². The number of non-ortho nitro benzene ring substituents is 1. The molecule has 0 saturated heterocycles. The maximum absolute atomic E-state index is 10.7. The van der Waals surface area contributed by atoms with Crippen molar-refractivity contribution < 1.29 is 9.34 Å². The van der Waals surface area contributed by atoms with Crippen LogP contribution < -0.4 is 5.32 Å². The van der Waals surface area contributed by atoms with Gasteiger partial charge in [0.15, 0.2) is 0 Å². The van der Waals surface area contributed by atoms with Crippen molar-refractivity contribution in [2.24, 2.45) is 0 Å². The van der Waals surface area contributed by atoms with E-state index in [-0.39, 0.29) is 11.4 Å². The van der Waals surface area contributed by atoms with E-state index in [1.165, 1.54) is 12.1 Å². The molecule has 0 saturated carbocycles. The summed E-state index contributed by atoms with van der Waals surface area (Å²) in [5.41, 5.74) is 1.37. The molecule has 1 N–H and O–H groups in total. The van der Waals surface area contributed by atoms with Crippen LogP contribution >= 0.6 is 11.8 Å². The van der Waals surface area contributed by atoms with Crippen LogP contribution in [-0.4, -0.2) is 22.2 Å². The van der Waals surface area contributed by atoms with Crippen LogP contribution in [0.1, 0.15) is 17.1 Å². The first kappa shape index (κ1) is 18.5. The molecule has 0 bridgehead atoms. The molecule has 0 spiro atoms. The summed E-state index contributed by atoms with van der Waals surface area (Å²) < 4.78 is 5.68. The second-order valence-corrected chi connectivity index (χ2v) is 6.75. The van der Waals surface area contributed by atoms with Gasteiger partial charge in [0, 0.05) is 35.7 Å². The zero-order valence-electron chi connectivity index (χ0n) is 14.3. The number of hydrogen-bond acceptors (Lipinski definition) is 7. The van der Waals surface area contributed by atoms with Gasteiger partial charge in [0.2, 0.25) is 17.5 Å². The van der Waals surface area contributed by atoms with Gasteiger partial charge in [-0.3, -0.25) is 10.1 Å². The quantitative estimate of drug-likeness (QED) is 0.269. The number of nitro benzene ring substituents is 1. The summed E-state index contributed by atoms with van der Waals surface area (Å²) in [4.78, 5) is 15.4. The fourth-order valence-corrected chi connectivity index (χ4v) is 3.17. The molecular formula is C19H16N4O3S. The molecule has 3 rings (SSSR count). The topological polar surface area (TPSA) is 105 Å². The van der Waals surface area contributed by atoms with E-state index in [4.69, 9.17) is 4.42 Å². The number of nitrogens with zero attached hydrogens (tertiary/aromatic N) is 3. The maximum atomic E-state index is 10.7. The van der Waals surface area contributed by atoms with Crippen molar-refractivity contribution in [3.05, 3.63) is 81.9 Å². The molecule has 2 aromatic carbocycles. The van der Waals surface area contributed by atoms with Gasteiger partial charge in [-0.2, -0.15) is 5.26 Å². The fraction of sp³-hybridized carbons (Fsp3) is 0.158. The molecule has 0 aliphatic heterocycles. The molecule has 0 aliphatic rings. The third kappa shape index (κ3) is 5.09. The molecule has 0 aliphatic carbocycles. The van der Waals surface area contributed by atoms with E-state index in [1.807, 2.05) is 36.4 Å². The van der Waals surface area contributed by atoms with Crippen LogP contribution in [0.15, 0.2) is 63.9 Å². The van der Waals surface area contributed by atoms with Crippen molar-refractivity contribution in [2.75, 3.05) is 17.6 Å². The van der Waals surface area contributed by atoms with Crippen LogP contribution in [0.3, 0.4) is 0 Å². The first-order valence-electron chi connectivity index (χ1n) is 8.20. The Morgan fingerprint density at radius 3 is 2.59 bits per heavy atom. The van der Waals surface area contributed by atoms with E-state index < -0.39 is 4.92 Å². The van der Waals surface area contributed by atoms with Crippen LogP contribution in [0.4, 0.5) is 11.6 Å². The number of oxazole rings is 1. The zero-order valence-corrected chi connectivity index (χ0v) is 15.1. The Bertz CT molecular complexity index is 949. The smallest absolute Gasteiger partial charge is 0.269 e. The number of nitrogens with one attached hydrogen (secondary N) is 1. The van der Waals surface area contributed by atoms with Gasteiger partial charge >= 0.3 is 0 Å². The molecule has 0 unspecified atom stereocenters.